The Morgan fingerprint density at radius 3 is 2.72 bits per heavy atom. The van der Waals surface area contributed by atoms with E-state index in [4.69, 9.17) is 4.74 Å². The standard InChI is InChI=1S/C24H29N3O2/c1-15(2)11-21-19-5-4-6-20-23(19)17(14-25-20)12-22(27-21)24(28)26-13-16-7-9-18(29-3)10-8-16/h4-10,14-15,21-22,25,27H,11-13H2,1-3H3,(H,26,28)/t21-,22-/m0/s1. The Hall–Kier alpha value is -2.79. The van der Waals surface area contributed by atoms with Crippen LogP contribution in [0.1, 0.15) is 43.0 Å². The predicted molar refractivity (Wildman–Crippen MR) is 116 cm³/mol. The Labute approximate surface area is 171 Å². The Morgan fingerprint density at radius 1 is 1.21 bits per heavy atom. The number of carbonyl (C=O) groups is 1. The smallest absolute Gasteiger partial charge is 0.237 e. The van der Waals surface area contributed by atoms with Crippen LogP contribution in [0.2, 0.25) is 0 Å². The van der Waals surface area contributed by atoms with E-state index in [1.165, 1.54) is 16.5 Å². The van der Waals surface area contributed by atoms with E-state index in [-0.39, 0.29) is 18.0 Å². The van der Waals surface area contributed by atoms with Crippen LogP contribution in [-0.2, 0) is 17.8 Å². The number of carbonyl (C=O) groups excluding carboxylic acids is 1. The van der Waals surface area contributed by atoms with Crippen molar-refractivity contribution >= 4 is 16.8 Å². The van der Waals surface area contributed by atoms with Gasteiger partial charge in [0.05, 0.1) is 13.2 Å². The third-order valence-electron chi connectivity index (χ3n) is 5.67. The van der Waals surface area contributed by atoms with Crippen molar-refractivity contribution < 1.29 is 9.53 Å². The normalized spacial score (nSPS) is 18.6. The third-order valence-corrected chi connectivity index (χ3v) is 5.67. The summed E-state index contributed by atoms with van der Waals surface area (Å²) in [4.78, 5) is 16.4. The molecule has 1 aliphatic rings. The third kappa shape index (κ3) is 4.15. The van der Waals surface area contributed by atoms with E-state index < -0.39 is 0 Å². The molecule has 1 aromatic heterocycles. The highest BCUT2D eigenvalue weighted by Crippen LogP contribution is 2.34. The molecular formula is C24H29N3O2. The van der Waals surface area contributed by atoms with Gasteiger partial charge in [-0.3, -0.25) is 10.1 Å². The summed E-state index contributed by atoms with van der Waals surface area (Å²) in [5.41, 5.74) is 4.70. The second kappa shape index (κ2) is 8.29. The molecule has 0 saturated heterocycles. The molecule has 0 bridgehead atoms. The van der Waals surface area contributed by atoms with Crippen LogP contribution in [0, 0.1) is 5.92 Å². The summed E-state index contributed by atoms with van der Waals surface area (Å²) in [6.45, 7) is 4.96. The summed E-state index contributed by atoms with van der Waals surface area (Å²) < 4.78 is 5.20. The topological polar surface area (TPSA) is 66.1 Å². The largest absolute Gasteiger partial charge is 0.497 e. The first-order valence-corrected chi connectivity index (χ1v) is 10.3. The van der Waals surface area contributed by atoms with Crippen LogP contribution in [0.15, 0.2) is 48.7 Å². The number of rotatable bonds is 6. The lowest BCUT2D eigenvalue weighted by Gasteiger charge is -2.25. The molecule has 0 aliphatic carbocycles. The van der Waals surface area contributed by atoms with Gasteiger partial charge in [0.15, 0.2) is 0 Å². The van der Waals surface area contributed by atoms with Crippen LogP contribution in [-0.4, -0.2) is 24.0 Å². The minimum absolute atomic E-state index is 0.0386. The Bertz CT molecular complexity index is 991. The van der Waals surface area contributed by atoms with Crippen molar-refractivity contribution in [3.63, 3.8) is 0 Å². The molecule has 2 heterocycles. The fourth-order valence-electron chi connectivity index (χ4n) is 4.24. The van der Waals surface area contributed by atoms with Crippen molar-refractivity contribution in [1.82, 2.24) is 15.6 Å². The van der Waals surface area contributed by atoms with Gasteiger partial charge >= 0.3 is 0 Å². The summed E-state index contributed by atoms with van der Waals surface area (Å²) in [6, 6.07) is 14.1. The van der Waals surface area contributed by atoms with Gasteiger partial charge in [0.25, 0.3) is 0 Å². The number of methoxy groups -OCH3 is 1. The highest BCUT2D eigenvalue weighted by Gasteiger charge is 2.30. The molecule has 1 amide bonds. The lowest BCUT2D eigenvalue weighted by atomic mass is 9.94. The average molecular weight is 392 g/mol. The molecule has 5 nitrogen and oxygen atoms in total. The van der Waals surface area contributed by atoms with E-state index in [0.717, 1.165) is 23.3 Å². The molecule has 3 aromatic rings. The molecule has 2 aromatic carbocycles. The van der Waals surface area contributed by atoms with Crippen molar-refractivity contribution in [2.45, 2.75) is 45.3 Å². The number of hydrogen-bond acceptors (Lipinski definition) is 3. The second-order valence-corrected chi connectivity index (χ2v) is 8.26. The first-order chi connectivity index (χ1) is 14.0. The highest BCUT2D eigenvalue weighted by molar-refractivity contribution is 5.90. The van der Waals surface area contributed by atoms with Gasteiger partial charge < -0.3 is 15.0 Å². The van der Waals surface area contributed by atoms with Gasteiger partial charge in [0.1, 0.15) is 5.75 Å². The second-order valence-electron chi connectivity index (χ2n) is 8.26. The number of amides is 1. The van der Waals surface area contributed by atoms with Crippen LogP contribution in [0.25, 0.3) is 10.9 Å². The first kappa shape index (κ1) is 19.5. The number of aromatic amines is 1. The van der Waals surface area contributed by atoms with Crippen LogP contribution >= 0.6 is 0 Å². The van der Waals surface area contributed by atoms with Crippen molar-refractivity contribution in [1.29, 1.82) is 0 Å². The SMILES string of the molecule is COc1ccc(CNC(=O)[C@@H]2Cc3c[nH]c4cccc(c34)[C@H](CC(C)C)N2)cc1. The minimum Gasteiger partial charge on any atom is -0.497 e. The van der Waals surface area contributed by atoms with Crippen molar-refractivity contribution in [2.24, 2.45) is 5.92 Å². The maximum atomic E-state index is 13.1. The lowest BCUT2D eigenvalue weighted by molar-refractivity contribution is -0.123. The van der Waals surface area contributed by atoms with Gasteiger partial charge in [-0.15, -0.1) is 0 Å². The maximum absolute atomic E-state index is 13.1. The predicted octanol–water partition coefficient (Wildman–Crippen LogP) is 4.09. The van der Waals surface area contributed by atoms with E-state index in [1.807, 2.05) is 24.3 Å². The summed E-state index contributed by atoms with van der Waals surface area (Å²) in [6.07, 6.45) is 3.73. The van der Waals surface area contributed by atoms with E-state index in [1.54, 1.807) is 7.11 Å². The average Bonchev–Trinajstić information content (AvgIpc) is 3.06. The van der Waals surface area contributed by atoms with Gasteiger partial charge in [0, 0.05) is 29.7 Å². The Morgan fingerprint density at radius 2 is 2.00 bits per heavy atom. The van der Waals surface area contributed by atoms with Gasteiger partial charge in [-0.05, 0) is 53.6 Å². The van der Waals surface area contributed by atoms with Crippen molar-refractivity contribution in [2.75, 3.05) is 7.11 Å². The number of ether oxygens (including phenoxy) is 1. The van der Waals surface area contributed by atoms with Gasteiger partial charge in [-0.1, -0.05) is 38.1 Å². The molecule has 0 radical (unpaired) electrons. The molecule has 0 spiro atoms. The highest BCUT2D eigenvalue weighted by atomic mass is 16.5. The number of H-pyrrole nitrogens is 1. The van der Waals surface area contributed by atoms with E-state index >= 15 is 0 Å². The zero-order valence-corrected chi connectivity index (χ0v) is 17.3. The molecule has 0 unspecified atom stereocenters. The molecule has 29 heavy (non-hydrogen) atoms. The fourth-order valence-corrected chi connectivity index (χ4v) is 4.24. The number of benzene rings is 2. The minimum atomic E-state index is -0.261. The zero-order chi connectivity index (χ0) is 20.4. The van der Waals surface area contributed by atoms with Gasteiger partial charge in [-0.25, -0.2) is 0 Å². The molecule has 3 N–H and O–H groups in total. The number of hydrogen-bond donors (Lipinski definition) is 3. The van der Waals surface area contributed by atoms with Crippen LogP contribution < -0.4 is 15.4 Å². The monoisotopic (exact) mass is 391 g/mol. The number of aromatic nitrogens is 1. The Kier molecular flexibility index (Phi) is 5.58. The van der Waals surface area contributed by atoms with Crippen LogP contribution in [0.4, 0.5) is 0 Å². The van der Waals surface area contributed by atoms with E-state index in [0.29, 0.717) is 18.9 Å². The zero-order valence-electron chi connectivity index (χ0n) is 17.3. The van der Waals surface area contributed by atoms with Gasteiger partial charge in [0.2, 0.25) is 5.91 Å². The molecule has 0 saturated carbocycles. The van der Waals surface area contributed by atoms with Crippen LogP contribution in [0.3, 0.4) is 0 Å². The van der Waals surface area contributed by atoms with Crippen molar-refractivity contribution in [3.05, 3.63) is 65.4 Å². The quantitative estimate of drug-likeness (QED) is 0.593. The molecule has 1 aliphatic heterocycles. The maximum Gasteiger partial charge on any atom is 0.237 e. The van der Waals surface area contributed by atoms with Crippen LogP contribution in [0.5, 0.6) is 5.75 Å². The molecule has 2 atom stereocenters. The lowest BCUT2D eigenvalue weighted by Crippen LogP contribution is -2.46. The van der Waals surface area contributed by atoms with Gasteiger partial charge in [-0.2, -0.15) is 0 Å². The summed E-state index contributed by atoms with van der Waals surface area (Å²) in [5, 5.41) is 8.03. The summed E-state index contributed by atoms with van der Waals surface area (Å²) in [7, 11) is 1.65. The molecule has 5 heteroatoms. The summed E-state index contributed by atoms with van der Waals surface area (Å²) >= 11 is 0. The summed E-state index contributed by atoms with van der Waals surface area (Å²) in [5.74, 6) is 1.39. The molecular weight excluding hydrogens is 362 g/mol. The van der Waals surface area contributed by atoms with E-state index in [9.17, 15) is 4.79 Å². The Balaban J connectivity index is 1.53. The van der Waals surface area contributed by atoms with E-state index in [2.05, 4.69) is 53.9 Å². The van der Waals surface area contributed by atoms with Crippen molar-refractivity contribution in [3.8, 4) is 5.75 Å². The fraction of sp³-hybridized carbons (Fsp3) is 0.375. The first-order valence-electron chi connectivity index (χ1n) is 10.3. The number of nitrogens with one attached hydrogen (secondary N) is 3. The molecule has 0 fully saturated rings. The molecule has 152 valence electrons. The molecule has 4 rings (SSSR count).